The summed E-state index contributed by atoms with van der Waals surface area (Å²) in [4.78, 5) is 14.3. The van der Waals surface area contributed by atoms with E-state index >= 15 is 0 Å². The SMILES string of the molecule is CCc1cccc(C)c1N(CCC(=O)N1CCCCC1)S(C)(=O)=O. The summed E-state index contributed by atoms with van der Waals surface area (Å²) in [7, 11) is -3.44. The number of rotatable bonds is 6. The number of anilines is 1. The Morgan fingerprint density at radius 2 is 1.88 bits per heavy atom. The number of likely N-dealkylation sites (tertiary alicyclic amines) is 1. The number of nitrogens with zero attached hydrogens (tertiary/aromatic N) is 2. The molecule has 0 N–H and O–H groups in total. The van der Waals surface area contributed by atoms with Gasteiger partial charge in [0.05, 0.1) is 11.9 Å². The Morgan fingerprint density at radius 1 is 1.21 bits per heavy atom. The fraction of sp³-hybridized carbons (Fsp3) is 0.611. The number of piperidine rings is 1. The van der Waals surface area contributed by atoms with Crippen LogP contribution in [-0.2, 0) is 21.2 Å². The molecule has 1 amide bonds. The van der Waals surface area contributed by atoms with Gasteiger partial charge >= 0.3 is 0 Å². The van der Waals surface area contributed by atoms with Crippen LogP contribution in [0.3, 0.4) is 0 Å². The highest BCUT2D eigenvalue weighted by Gasteiger charge is 2.24. The number of aryl methyl sites for hydroxylation is 2. The number of carbonyl (C=O) groups excluding carboxylic acids is 1. The number of hydrogen-bond acceptors (Lipinski definition) is 3. The first kappa shape index (κ1) is 18.8. The highest BCUT2D eigenvalue weighted by molar-refractivity contribution is 7.92. The molecular weight excluding hydrogens is 324 g/mol. The molecule has 1 aromatic carbocycles. The van der Waals surface area contributed by atoms with E-state index in [2.05, 4.69) is 0 Å². The van der Waals surface area contributed by atoms with Gasteiger partial charge in [0.2, 0.25) is 15.9 Å². The second kappa shape index (κ2) is 8.01. The summed E-state index contributed by atoms with van der Waals surface area (Å²) in [5, 5.41) is 0. The van der Waals surface area contributed by atoms with Crippen LogP contribution in [0, 0.1) is 6.92 Å². The molecule has 134 valence electrons. The molecule has 1 saturated heterocycles. The lowest BCUT2D eigenvalue weighted by Crippen LogP contribution is -2.39. The predicted molar refractivity (Wildman–Crippen MR) is 97.8 cm³/mol. The number of sulfonamides is 1. The van der Waals surface area contributed by atoms with Crippen LogP contribution in [0.25, 0.3) is 0 Å². The molecule has 1 aromatic rings. The monoisotopic (exact) mass is 352 g/mol. The van der Waals surface area contributed by atoms with Crippen molar-refractivity contribution in [1.29, 1.82) is 0 Å². The number of benzene rings is 1. The normalized spacial score (nSPS) is 15.4. The lowest BCUT2D eigenvalue weighted by atomic mass is 10.1. The average Bonchev–Trinajstić information content (AvgIpc) is 2.55. The van der Waals surface area contributed by atoms with Gasteiger partial charge in [0.1, 0.15) is 0 Å². The standard InChI is InChI=1S/C18H28N2O3S/c1-4-16-10-8-9-15(2)18(16)20(24(3,22)23)14-11-17(21)19-12-6-5-7-13-19/h8-10H,4-7,11-14H2,1-3H3. The van der Waals surface area contributed by atoms with Crippen LogP contribution in [0.15, 0.2) is 18.2 Å². The lowest BCUT2D eigenvalue weighted by Gasteiger charge is -2.29. The quantitative estimate of drug-likeness (QED) is 0.791. The topological polar surface area (TPSA) is 57.7 Å². The molecule has 0 saturated carbocycles. The maximum Gasteiger partial charge on any atom is 0.232 e. The second-order valence-electron chi connectivity index (χ2n) is 6.46. The summed E-state index contributed by atoms with van der Waals surface area (Å²) in [6, 6.07) is 5.81. The minimum absolute atomic E-state index is 0.0509. The zero-order chi connectivity index (χ0) is 17.7. The Hall–Kier alpha value is -1.56. The predicted octanol–water partition coefficient (Wildman–Crippen LogP) is 2.73. The molecule has 0 aliphatic carbocycles. The molecule has 2 rings (SSSR count). The summed E-state index contributed by atoms with van der Waals surface area (Å²) < 4.78 is 26.1. The van der Waals surface area contributed by atoms with E-state index in [9.17, 15) is 13.2 Å². The Kier molecular flexibility index (Phi) is 6.27. The van der Waals surface area contributed by atoms with Crippen molar-refractivity contribution >= 4 is 21.6 Å². The fourth-order valence-corrected chi connectivity index (χ4v) is 4.32. The van der Waals surface area contributed by atoms with E-state index in [0.29, 0.717) is 0 Å². The van der Waals surface area contributed by atoms with Gasteiger partial charge in [-0.1, -0.05) is 25.1 Å². The van der Waals surface area contributed by atoms with Crippen LogP contribution in [-0.4, -0.2) is 45.1 Å². The molecule has 1 heterocycles. The summed E-state index contributed by atoms with van der Waals surface area (Å²) in [6.07, 6.45) is 5.44. The molecule has 0 atom stereocenters. The number of carbonyl (C=O) groups is 1. The maximum atomic E-state index is 12.4. The van der Waals surface area contributed by atoms with E-state index in [1.54, 1.807) is 0 Å². The molecule has 6 heteroatoms. The van der Waals surface area contributed by atoms with Gasteiger partial charge in [-0.05, 0) is 43.7 Å². The average molecular weight is 353 g/mol. The van der Waals surface area contributed by atoms with Gasteiger partial charge in [0.25, 0.3) is 0 Å². The van der Waals surface area contributed by atoms with E-state index in [-0.39, 0.29) is 18.9 Å². The van der Waals surface area contributed by atoms with Crippen LogP contribution in [0.5, 0.6) is 0 Å². The van der Waals surface area contributed by atoms with Crippen molar-refractivity contribution in [2.75, 3.05) is 30.2 Å². The first-order valence-electron chi connectivity index (χ1n) is 8.68. The van der Waals surface area contributed by atoms with Gasteiger partial charge in [0.15, 0.2) is 0 Å². The first-order valence-corrected chi connectivity index (χ1v) is 10.5. The van der Waals surface area contributed by atoms with Crippen LogP contribution in [0.2, 0.25) is 0 Å². The molecule has 0 radical (unpaired) electrons. The molecule has 1 aliphatic rings. The molecule has 0 aromatic heterocycles. The van der Waals surface area contributed by atoms with Gasteiger partial charge in [-0.3, -0.25) is 9.10 Å². The van der Waals surface area contributed by atoms with Crippen LogP contribution < -0.4 is 4.31 Å². The minimum atomic E-state index is -3.44. The van der Waals surface area contributed by atoms with E-state index in [0.717, 1.165) is 49.2 Å². The van der Waals surface area contributed by atoms with Crippen molar-refractivity contribution in [3.8, 4) is 0 Å². The van der Waals surface area contributed by atoms with Crippen molar-refractivity contribution in [2.24, 2.45) is 0 Å². The van der Waals surface area contributed by atoms with Gasteiger partial charge in [-0.2, -0.15) is 0 Å². The summed E-state index contributed by atoms with van der Waals surface area (Å²) in [5.74, 6) is 0.0509. The van der Waals surface area contributed by atoms with Crippen LogP contribution in [0.4, 0.5) is 5.69 Å². The maximum absolute atomic E-state index is 12.4. The first-order chi connectivity index (χ1) is 11.3. The molecule has 1 fully saturated rings. The van der Waals surface area contributed by atoms with Crippen molar-refractivity contribution < 1.29 is 13.2 Å². The summed E-state index contributed by atoms with van der Waals surface area (Å²) >= 11 is 0. The Bertz CT molecular complexity index is 680. The van der Waals surface area contributed by atoms with Crippen LogP contribution in [0.1, 0.15) is 43.7 Å². The second-order valence-corrected chi connectivity index (χ2v) is 8.37. The largest absolute Gasteiger partial charge is 0.343 e. The third kappa shape index (κ3) is 4.50. The Balaban J connectivity index is 2.20. The zero-order valence-corrected chi connectivity index (χ0v) is 15.7. The van der Waals surface area contributed by atoms with Crippen molar-refractivity contribution in [2.45, 2.75) is 46.0 Å². The Labute approximate surface area is 145 Å². The number of hydrogen-bond donors (Lipinski definition) is 0. The van der Waals surface area contributed by atoms with E-state index in [4.69, 9.17) is 0 Å². The van der Waals surface area contributed by atoms with E-state index in [1.165, 1.54) is 17.0 Å². The van der Waals surface area contributed by atoms with E-state index < -0.39 is 10.0 Å². The van der Waals surface area contributed by atoms with Crippen molar-refractivity contribution in [1.82, 2.24) is 4.90 Å². The van der Waals surface area contributed by atoms with Crippen molar-refractivity contribution in [3.05, 3.63) is 29.3 Å². The molecule has 5 nitrogen and oxygen atoms in total. The highest BCUT2D eigenvalue weighted by atomic mass is 32.2. The third-order valence-electron chi connectivity index (χ3n) is 4.59. The molecule has 24 heavy (non-hydrogen) atoms. The molecule has 0 spiro atoms. The zero-order valence-electron chi connectivity index (χ0n) is 14.9. The van der Waals surface area contributed by atoms with Gasteiger partial charge in [0, 0.05) is 26.1 Å². The smallest absolute Gasteiger partial charge is 0.232 e. The minimum Gasteiger partial charge on any atom is -0.343 e. The lowest BCUT2D eigenvalue weighted by molar-refractivity contribution is -0.131. The van der Waals surface area contributed by atoms with Gasteiger partial charge < -0.3 is 4.90 Å². The molecule has 0 bridgehead atoms. The van der Waals surface area contributed by atoms with E-state index in [1.807, 2.05) is 36.9 Å². The molecule has 0 unspecified atom stereocenters. The highest BCUT2D eigenvalue weighted by Crippen LogP contribution is 2.28. The summed E-state index contributed by atoms with van der Waals surface area (Å²) in [6.45, 7) is 5.72. The third-order valence-corrected chi connectivity index (χ3v) is 5.76. The molecular formula is C18H28N2O3S. The van der Waals surface area contributed by atoms with Gasteiger partial charge in [-0.15, -0.1) is 0 Å². The number of para-hydroxylation sites is 1. The fourth-order valence-electron chi connectivity index (χ4n) is 3.30. The Morgan fingerprint density at radius 3 is 2.46 bits per heavy atom. The number of amides is 1. The summed E-state index contributed by atoms with van der Waals surface area (Å²) in [5.41, 5.74) is 2.64. The van der Waals surface area contributed by atoms with Crippen LogP contribution >= 0.6 is 0 Å². The van der Waals surface area contributed by atoms with Crippen molar-refractivity contribution in [3.63, 3.8) is 0 Å². The van der Waals surface area contributed by atoms with Gasteiger partial charge in [-0.25, -0.2) is 8.42 Å². The molecule has 1 aliphatic heterocycles.